The number of hydrogen-bond acceptors (Lipinski definition) is 4. The van der Waals surface area contributed by atoms with Gasteiger partial charge in [-0.05, 0) is 70.0 Å². The normalized spacial score (nSPS) is 11.0. The van der Waals surface area contributed by atoms with Crippen molar-refractivity contribution < 1.29 is 24.2 Å². The van der Waals surface area contributed by atoms with Gasteiger partial charge in [0.2, 0.25) is 5.91 Å². The highest BCUT2D eigenvalue weighted by Gasteiger charge is 2.15. The molecule has 2 N–H and O–H groups in total. The van der Waals surface area contributed by atoms with Crippen LogP contribution in [0.5, 0.6) is 23.0 Å². The summed E-state index contributed by atoms with van der Waals surface area (Å²) >= 11 is 3.44. The first-order chi connectivity index (χ1) is 17.5. The Labute approximate surface area is 216 Å². The Kier molecular flexibility index (Phi) is 8.16. The maximum Gasteiger partial charge on any atom is 0.352 e. The van der Waals surface area contributed by atoms with Crippen LogP contribution >= 0.6 is 15.9 Å². The number of hydrogen-bond donors (Lipinski definition) is 2. The van der Waals surface area contributed by atoms with Gasteiger partial charge in [-0.25, -0.2) is 4.79 Å². The highest BCUT2D eigenvalue weighted by atomic mass is 79.9. The molecule has 0 saturated carbocycles. The molecule has 0 aliphatic heterocycles. The van der Waals surface area contributed by atoms with Gasteiger partial charge in [-0.1, -0.05) is 60.7 Å². The zero-order valence-corrected chi connectivity index (χ0v) is 20.6. The zero-order chi connectivity index (χ0) is 25.3. The number of ether oxygens (including phenoxy) is 2. The van der Waals surface area contributed by atoms with Crippen molar-refractivity contribution in [2.75, 3.05) is 0 Å². The molecule has 6 nitrogen and oxygen atoms in total. The minimum Gasteiger partial charge on any atom is -0.477 e. The van der Waals surface area contributed by atoms with E-state index in [-0.39, 0.29) is 12.1 Å². The van der Waals surface area contributed by atoms with Crippen molar-refractivity contribution in [2.24, 2.45) is 0 Å². The van der Waals surface area contributed by atoms with Crippen molar-refractivity contribution in [1.82, 2.24) is 5.32 Å². The van der Waals surface area contributed by atoms with Gasteiger partial charge in [-0.2, -0.15) is 0 Å². The van der Waals surface area contributed by atoms with Crippen molar-refractivity contribution in [3.05, 3.63) is 124 Å². The Bertz CT molecular complexity index is 1380. The van der Waals surface area contributed by atoms with Crippen molar-refractivity contribution in [3.63, 3.8) is 0 Å². The fourth-order valence-electron chi connectivity index (χ4n) is 3.34. The second-order valence-corrected chi connectivity index (χ2v) is 8.57. The molecule has 0 saturated heterocycles. The van der Waals surface area contributed by atoms with Gasteiger partial charge in [0.15, 0.2) is 0 Å². The van der Waals surface area contributed by atoms with E-state index in [0.717, 1.165) is 4.47 Å². The maximum absolute atomic E-state index is 12.7. The lowest BCUT2D eigenvalue weighted by molar-refractivity contribution is -0.134. The third kappa shape index (κ3) is 6.84. The summed E-state index contributed by atoms with van der Waals surface area (Å²) in [6, 6.07) is 30.7. The van der Waals surface area contributed by atoms with Gasteiger partial charge in [0, 0.05) is 5.56 Å². The number of carbonyl (C=O) groups is 2. The number of carbonyl (C=O) groups excluding carboxylic acids is 1. The van der Waals surface area contributed by atoms with E-state index in [1.54, 1.807) is 42.5 Å². The van der Waals surface area contributed by atoms with Crippen molar-refractivity contribution >= 4 is 33.9 Å². The largest absolute Gasteiger partial charge is 0.477 e. The molecule has 1 amide bonds. The van der Waals surface area contributed by atoms with Crippen molar-refractivity contribution in [2.45, 2.75) is 6.42 Å². The highest BCUT2D eigenvalue weighted by molar-refractivity contribution is 9.10. The Balaban J connectivity index is 1.44. The first-order valence-corrected chi connectivity index (χ1v) is 11.9. The van der Waals surface area contributed by atoms with Crippen LogP contribution in [0.1, 0.15) is 11.1 Å². The van der Waals surface area contributed by atoms with Crippen LogP contribution in [0.4, 0.5) is 0 Å². The Morgan fingerprint density at radius 3 is 2.03 bits per heavy atom. The second kappa shape index (κ2) is 11.9. The number of rotatable bonds is 9. The SMILES string of the molecule is O=C(Cc1ccccc1Oc1ccccc1)N/C(=C/c1ccc(Oc2ccccc2Br)cc1)C(=O)O. The number of carboxylic acids is 1. The minimum atomic E-state index is -1.24. The van der Waals surface area contributed by atoms with Gasteiger partial charge in [0.05, 0.1) is 10.9 Å². The first kappa shape index (κ1) is 24.8. The minimum absolute atomic E-state index is 0.0492. The number of amides is 1. The second-order valence-electron chi connectivity index (χ2n) is 7.71. The van der Waals surface area contributed by atoms with Crippen LogP contribution < -0.4 is 14.8 Å². The molecule has 4 aromatic carbocycles. The smallest absolute Gasteiger partial charge is 0.352 e. The van der Waals surface area contributed by atoms with Crippen molar-refractivity contribution in [3.8, 4) is 23.0 Å². The lowest BCUT2D eigenvalue weighted by Gasteiger charge is -2.12. The predicted octanol–water partition coefficient (Wildman–Crippen LogP) is 6.82. The van der Waals surface area contributed by atoms with Gasteiger partial charge >= 0.3 is 5.97 Å². The van der Waals surface area contributed by atoms with E-state index in [2.05, 4.69) is 21.2 Å². The van der Waals surface area contributed by atoms with Crippen LogP contribution in [0.25, 0.3) is 6.08 Å². The topological polar surface area (TPSA) is 84.9 Å². The van der Waals surface area contributed by atoms with E-state index in [4.69, 9.17) is 9.47 Å². The summed E-state index contributed by atoms with van der Waals surface area (Å²) in [5.41, 5.74) is 0.998. The molecule has 0 aromatic heterocycles. The molecule has 0 radical (unpaired) electrons. The molecule has 4 rings (SSSR count). The van der Waals surface area contributed by atoms with Gasteiger partial charge in [-0.3, -0.25) is 4.79 Å². The number of halogens is 1. The first-order valence-electron chi connectivity index (χ1n) is 11.1. The van der Waals surface area contributed by atoms with E-state index >= 15 is 0 Å². The summed E-state index contributed by atoms with van der Waals surface area (Å²) in [6.07, 6.45) is 1.35. The van der Waals surface area contributed by atoms with Gasteiger partial charge < -0.3 is 19.9 Å². The molecule has 0 heterocycles. The summed E-state index contributed by atoms with van der Waals surface area (Å²) in [4.78, 5) is 24.5. The average Bonchev–Trinajstić information content (AvgIpc) is 2.88. The number of nitrogens with one attached hydrogen (secondary N) is 1. The monoisotopic (exact) mass is 543 g/mol. The molecule has 0 aliphatic carbocycles. The summed E-state index contributed by atoms with van der Waals surface area (Å²) in [5, 5.41) is 12.1. The predicted molar refractivity (Wildman–Crippen MR) is 141 cm³/mol. The lowest BCUT2D eigenvalue weighted by atomic mass is 10.1. The van der Waals surface area contributed by atoms with E-state index in [9.17, 15) is 14.7 Å². The summed E-state index contributed by atoms with van der Waals surface area (Å²) in [7, 11) is 0. The van der Waals surface area contributed by atoms with Crippen LogP contribution in [0.3, 0.4) is 0 Å². The molecule has 4 aromatic rings. The fourth-order valence-corrected chi connectivity index (χ4v) is 3.70. The fraction of sp³-hybridized carbons (Fsp3) is 0.0345. The van der Waals surface area contributed by atoms with Crippen LogP contribution in [0, 0.1) is 0 Å². The lowest BCUT2D eigenvalue weighted by Crippen LogP contribution is -2.28. The maximum atomic E-state index is 12.7. The summed E-state index contributed by atoms with van der Waals surface area (Å²) in [6.45, 7) is 0. The molecule has 7 heteroatoms. The van der Waals surface area contributed by atoms with Gasteiger partial charge in [0.25, 0.3) is 0 Å². The van der Waals surface area contributed by atoms with Crippen LogP contribution in [0.15, 0.2) is 113 Å². The van der Waals surface area contributed by atoms with Gasteiger partial charge in [-0.15, -0.1) is 0 Å². The number of para-hydroxylation sites is 3. The van der Waals surface area contributed by atoms with Crippen LogP contribution in [-0.4, -0.2) is 17.0 Å². The Morgan fingerprint density at radius 2 is 1.33 bits per heavy atom. The molecule has 0 unspecified atom stereocenters. The molecule has 0 atom stereocenters. The van der Waals surface area contributed by atoms with E-state index in [1.165, 1.54) is 6.08 Å². The van der Waals surface area contributed by atoms with Crippen LogP contribution in [-0.2, 0) is 16.0 Å². The molecule has 0 spiro atoms. The van der Waals surface area contributed by atoms with Crippen molar-refractivity contribution in [1.29, 1.82) is 0 Å². The molecule has 180 valence electrons. The molecule has 0 fully saturated rings. The number of carboxylic acid groups (broad SMARTS) is 1. The number of aliphatic carboxylic acids is 1. The molecule has 0 aliphatic rings. The molecular formula is C29H22BrNO5. The quantitative estimate of drug-likeness (QED) is 0.226. The summed E-state index contributed by atoms with van der Waals surface area (Å²) < 4.78 is 12.5. The Hall–Kier alpha value is -4.36. The zero-order valence-electron chi connectivity index (χ0n) is 19.1. The molecule has 36 heavy (non-hydrogen) atoms. The third-order valence-corrected chi connectivity index (χ3v) is 5.71. The number of benzene rings is 4. The third-order valence-electron chi connectivity index (χ3n) is 5.05. The van der Waals surface area contributed by atoms with Crippen LogP contribution in [0.2, 0.25) is 0 Å². The van der Waals surface area contributed by atoms with Gasteiger partial charge in [0.1, 0.15) is 28.7 Å². The molecular weight excluding hydrogens is 522 g/mol. The highest BCUT2D eigenvalue weighted by Crippen LogP contribution is 2.29. The summed E-state index contributed by atoms with van der Waals surface area (Å²) in [5.74, 6) is 0.710. The molecule has 0 bridgehead atoms. The standard InChI is InChI=1S/C29H22BrNO5/c30-24-11-5-7-13-27(24)36-23-16-14-20(15-17-23)18-25(29(33)34)31-28(32)19-21-8-4-6-12-26(21)35-22-9-2-1-3-10-22/h1-18H,19H2,(H,31,32)(H,33,34)/b25-18+. The van der Waals surface area contributed by atoms with E-state index in [0.29, 0.717) is 34.1 Å². The van der Waals surface area contributed by atoms with E-state index < -0.39 is 11.9 Å². The average molecular weight is 544 g/mol. The van der Waals surface area contributed by atoms with E-state index in [1.807, 2.05) is 60.7 Å². The Morgan fingerprint density at radius 1 is 0.750 bits per heavy atom.